The molecule has 0 radical (unpaired) electrons. The van der Waals surface area contributed by atoms with Crippen molar-refractivity contribution in [3.63, 3.8) is 0 Å². The largest absolute Gasteiger partial charge is 0.550 e. The van der Waals surface area contributed by atoms with Gasteiger partial charge in [0.25, 0.3) is 0 Å². The predicted octanol–water partition coefficient (Wildman–Crippen LogP) is 2.15. The third kappa shape index (κ3) is 1.90. The molecule has 1 aliphatic rings. The number of hydrogen-bond donors (Lipinski definition) is 0. The summed E-state index contributed by atoms with van der Waals surface area (Å²) in [4.78, 5) is 15.9. The van der Waals surface area contributed by atoms with Crippen molar-refractivity contribution in [1.29, 1.82) is 0 Å². The van der Waals surface area contributed by atoms with Gasteiger partial charge < -0.3 is 9.90 Å². The molecule has 0 spiro atoms. The summed E-state index contributed by atoms with van der Waals surface area (Å²) in [7, 11) is 0. The van der Waals surface area contributed by atoms with Crippen LogP contribution in [-0.2, 0) is 11.2 Å². The van der Waals surface area contributed by atoms with E-state index in [4.69, 9.17) is 0 Å². The van der Waals surface area contributed by atoms with Gasteiger partial charge in [0.1, 0.15) is 0 Å². The van der Waals surface area contributed by atoms with Crippen LogP contribution in [0.25, 0.3) is 10.2 Å². The van der Waals surface area contributed by atoms with Crippen LogP contribution >= 0.6 is 11.3 Å². The number of benzene rings is 1. The van der Waals surface area contributed by atoms with Crippen molar-refractivity contribution in [3.05, 3.63) is 29.3 Å². The van der Waals surface area contributed by atoms with Crippen LogP contribution in [0, 0.1) is 5.41 Å². The highest BCUT2D eigenvalue weighted by atomic mass is 32.1. The normalized spacial score (nSPS) is 18.2. The maximum absolute atomic E-state index is 11.4. The first-order valence-electron chi connectivity index (χ1n) is 6.26. The molecule has 0 unspecified atom stereocenters. The van der Waals surface area contributed by atoms with E-state index in [1.54, 1.807) is 11.3 Å². The number of aromatic nitrogens is 1. The third-order valence-electron chi connectivity index (χ3n) is 3.82. The lowest BCUT2D eigenvalue weighted by Crippen LogP contribution is -2.42. The molecular weight excluding hydrogens is 246 g/mol. The van der Waals surface area contributed by atoms with Crippen molar-refractivity contribution < 1.29 is 9.90 Å². The van der Waals surface area contributed by atoms with Crippen LogP contribution in [0.4, 0.5) is 0 Å². The van der Waals surface area contributed by atoms with E-state index in [2.05, 4.69) is 4.98 Å². The Morgan fingerprint density at radius 2 is 2.06 bits per heavy atom. The van der Waals surface area contributed by atoms with E-state index in [9.17, 15) is 9.90 Å². The van der Waals surface area contributed by atoms with E-state index in [0.717, 1.165) is 40.9 Å². The van der Waals surface area contributed by atoms with Gasteiger partial charge in [0.2, 0.25) is 0 Å². The van der Waals surface area contributed by atoms with Gasteiger partial charge in [0.05, 0.1) is 15.2 Å². The highest BCUT2D eigenvalue weighted by molar-refractivity contribution is 7.18. The fraction of sp³-hybridized carbons (Fsp3) is 0.429. The first kappa shape index (κ1) is 11.7. The number of thiazole rings is 1. The summed E-state index contributed by atoms with van der Waals surface area (Å²) in [6, 6.07) is 7.93. The molecule has 2 aromatic rings. The summed E-state index contributed by atoms with van der Waals surface area (Å²) in [6.45, 7) is 0. The van der Waals surface area contributed by atoms with Crippen molar-refractivity contribution in [2.24, 2.45) is 5.41 Å². The Balaban J connectivity index is 1.93. The van der Waals surface area contributed by atoms with Gasteiger partial charge in [-0.3, -0.25) is 0 Å². The standard InChI is InChI=1S/C14H15NO2S/c16-13(17)14(7-3-4-8-14)9-12-15-10-5-1-2-6-11(10)18-12/h1-2,5-6H,3-4,7-9H2,(H,16,17)/p-1. The summed E-state index contributed by atoms with van der Waals surface area (Å²) in [5, 5.41) is 12.3. The zero-order chi connectivity index (χ0) is 12.6. The van der Waals surface area contributed by atoms with Crippen molar-refractivity contribution >= 4 is 27.5 Å². The number of aliphatic carboxylic acids is 1. The summed E-state index contributed by atoms with van der Waals surface area (Å²) in [5.74, 6) is -0.903. The molecule has 0 bridgehead atoms. The average Bonchev–Trinajstić information content (AvgIpc) is 2.95. The minimum atomic E-state index is -0.903. The Morgan fingerprint density at radius 3 is 2.72 bits per heavy atom. The summed E-state index contributed by atoms with van der Waals surface area (Å²) >= 11 is 1.60. The Hall–Kier alpha value is -1.42. The first-order valence-corrected chi connectivity index (χ1v) is 7.07. The maximum Gasteiger partial charge on any atom is 0.0947 e. The zero-order valence-corrected chi connectivity index (χ0v) is 10.8. The van der Waals surface area contributed by atoms with Crippen molar-refractivity contribution in [2.75, 3.05) is 0 Å². The van der Waals surface area contributed by atoms with E-state index in [1.165, 1.54) is 0 Å². The molecule has 0 N–H and O–H groups in total. The quantitative estimate of drug-likeness (QED) is 0.849. The average molecular weight is 260 g/mol. The van der Waals surface area contributed by atoms with E-state index in [0.29, 0.717) is 6.42 Å². The number of carbonyl (C=O) groups excluding carboxylic acids is 1. The van der Waals surface area contributed by atoms with Crippen LogP contribution < -0.4 is 5.11 Å². The van der Waals surface area contributed by atoms with Gasteiger partial charge in [-0.05, 0) is 25.0 Å². The Morgan fingerprint density at radius 1 is 1.33 bits per heavy atom. The van der Waals surface area contributed by atoms with Crippen molar-refractivity contribution in [1.82, 2.24) is 4.98 Å². The van der Waals surface area contributed by atoms with Crippen molar-refractivity contribution in [3.8, 4) is 0 Å². The maximum atomic E-state index is 11.4. The van der Waals surface area contributed by atoms with E-state index in [1.807, 2.05) is 24.3 Å². The van der Waals surface area contributed by atoms with Crippen molar-refractivity contribution in [2.45, 2.75) is 32.1 Å². The van der Waals surface area contributed by atoms with E-state index >= 15 is 0 Å². The van der Waals surface area contributed by atoms with Crippen LogP contribution in [0.1, 0.15) is 30.7 Å². The van der Waals surface area contributed by atoms with Crippen LogP contribution in [0.5, 0.6) is 0 Å². The Labute approximate surface area is 109 Å². The van der Waals surface area contributed by atoms with E-state index in [-0.39, 0.29) is 0 Å². The molecule has 0 aliphatic heterocycles. The van der Waals surface area contributed by atoms with Gasteiger partial charge in [-0.15, -0.1) is 11.3 Å². The highest BCUT2D eigenvalue weighted by Crippen LogP contribution is 2.41. The summed E-state index contributed by atoms with van der Waals surface area (Å²) in [5.41, 5.74) is 0.289. The number of carbonyl (C=O) groups is 1. The molecule has 3 rings (SSSR count). The highest BCUT2D eigenvalue weighted by Gasteiger charge is 2.36. The van der Waals surface area contributed by atoms with Gasteiger partial charge in [-0.25, -0.2) is 4.98 Å². The molecule has 94 valence electrons. The third-order valence-corrected chi connectivity index (χ3v) is 4.86. The molecule has 1 saturated carbocycles. The lowest BCUT2D eigenvalue weighted by atomic mass is 9.83. The molecular formula is C14H14NO2S-. The number of para-hydroxylation sites is 1. The minimum Gasteiger partial charge on any atom is -0.550 e. The fourth-order valence-electron chi connectivity index (χ4n) is 2.79. The second-order valence-electron chi connectivity index (χ2n) is 5.03. The van der Waals surface area contributed by atoms with Gasteiger partial charge in [0, 0.05) is 17.8 Å². The molecule has 4 heteroatoms. The fourth-order valence-corrected chi connectivity index (χ4v) is 3.90. The summed E-state index contributed by atoms with van der Waals surface area (Å²) < 4.78 is 1.12. The predicted molar refractivity (Wildman–Crippen MR) is 69.2 cm³/mol. The first-order chi connectivity index (χ1) is 8.70. The zero-order valence-electron chi connectivity index (χ0n) is 10.0. The molecule has 1 heterocycles. The second-order valence-corrected chi connectivity index (χ2v) is 6.14. The Kier molecular flexibility index (Phi) is 2.82. The molecule has 0 atom stereocenters. The smallest absolute Gasteiger partial charge is 0.0947 e. The number of nitrogens with zero attached hydrogens (tertiary/aromatic N) is 1. The number of carboxylic acid groups (broad SMARTS) is 1. The molecule has 1 aliphatic carbocycles. The van der Waals surface area contributed by atoms with E-state index < -0.39 is 11.4 Å². The monoisotopic (exact) mass is 260 g/mol. The molecule has 0 saturated heterocycles. The molecule has 18 heavy (non-hydrogen) atoms. The number of hydrogen-bond acceptors (Lipinski definition) is 4. The molecule has 1 fully saturated rings. The lowest BCUT2D eigenvalue weighted by Gasteiger charge is -2.29. The molecule has 3 nitrogen and oxygen atoms in total. The van der Waals surface area contributed by atoms with Crippen LogP contribution in [-0.4, -0.2) is 11.0 Å². The number of fused-ring (bicyclic) bond motifs is 1. The number of carboxylic acids is 1. The van der Waals surface area contributed by atoms with Crippen LogP contribution in [0.15, 0.2) is 24.3 Å². The summed E-state index contributed by atoms with van der Waals surface area (Å²) in [6.07, 6.45) is 3.95. The minimum absolute atomic E-state index is 0.523. The topological polar surface area (TPSA) is 53.0 Å². The SMILES string of the molecule is O=C([O-])C1(Cc2nc3ccccc3s2)CCCC1. The molecule has 0 amide bonds. The van der Waals surface area contributed by atoms with Crippen LogP contribution in [0.2, 0.25) is 0 Å². The Bertz CT molecular complexity index is 551. The van der Waals surface area contributed by atoms with Gasteiger partial charge >= 0.3 is 0 Å². The lowest BCUT2D eigenvalue weighted by molar-refractivity contribution is -0.319. The molecule has 1 aromatic heterocycles. The number of rotatable bonds is 3. The van der Waals surface area contributed by atoms with Gasteiger partial charge in [-0.1, -0.05) is 25.0 Å². The molecule has 1 aromatic carbocycles. The van der Waals surface area contributed by atoms with Gasteiger partial charge in [-0.2, -0.15) is 0 Å². The van der Waals surface area contributed by atoms with Crippen LogP contribution in [0.3, 0.4) is 0 Å². The van der Waals surface area contributed by atoms with Gasteiger partial charge in [0.15, 0.2) is 0 Å². The second kappa shape index (κ2) is 4.35.